The largest absolute Gasteiger partial charge is 0.480 e. The number of rotatable bonds is 7. The third-order valence-corrected chi connectivity index (χ3v) is 5.68. The Hall–Kier alpha value is -1.97. The van der Waals surface area contributed by atoms with E-state index in [1.54, 1.807) is 20.8 Å². The Morgan fingerprint density at radius 3 is 2.30 bits per heavy atom. The van der Waals surface area contributed by atoms with Crippen LogP contribution in [0.2, 0.25) is 0 Å². The molecule has 2 rings (SSSR count). The second-order valence-electron chi connectivity index (χ2n) is 6.12. The van der Waals surface area contributed by atoms with E-state index >= 15 is 0 Å². The number of anilines is 1. The topological polar surface area (TPSA) is 84.5 Å². The summed E-state index contributed by atoms with van der Waals surface area (Å²) in [6, 6.07) is 9.47. The zero-order valence-electron chi connectivity index (χ0n) is 15.0. The van der Waals surface area contributed by atoms with Gasteiger partial charge in [0.25, 0.3) is 5.91 Å². The Morgan fingerprint density at radius 1 is 1.11 bits per heavy atom. The maximum Gasteiger partial charge on any atom is 0.265 e. The number of amides is 1. The number of sulfonamides is 1. The first kappa shape index (κ1) is 21.3. The molecule has 0 radical (unpaired) electrons. The van der Waals surface area contributed by atoms with Crippen molar-refractivity contribution in [2.75, 3.05) is 5.32 Å². The molecule has 2 N–H and O–H groups in total. The molecule has 0 aliphatic carbocycles. The van der Waals surface area contributed by atoms with Crippen molar-refractivity contribution in [1.29, 1.82) is 0 Å². The van der Waals surface area contributed by atoms with Gasteiger partial charge in [-0.2, -0.15) is 0 Å². The maximum atomic E-state index is 13.1. The first-order valence-corrected chi connectivity index (χ1v) is 10.4. The molecular weight excluding hydrogens is 439 g/mol. The van der Waals surface area contributed by atoms with Crippen molar-refractivity contribution in [3.8, 4) is 5.75 Å². The van der Waals surface area contributed by atoms with Crippen LogP contribution in [0.25, 0.3) is 0 Å². The smallest absolute Gasteiger partial charge is 0.265 e. The summed E-state index contributed by atoms with van der Waals surface area (Å²) in [5.41, 5.74) is 0.428. The van der Waals surface area contributed by atoms with E-state index in [9.17, 15) is 17.6 Å². The summed E-state index contributed by atoms with van der Waals surface area (Å²) in [7, 11) is -3.59. The molecule has 0 spiro atoms. The van der Waals surface area contributed by atoms with Crippen LogP contribution in [0.4, 0.5) is 10.1 Å². The van der Waals surface area contributed by atoms with Crippen molar-refractivity contribution in [2.45, 2.75) is 37.8 Å². The van der Waals surface area contributed by atoms with Gasteiger partial charge in [-0.15, -0.1) is 0 Å². The SMILES string of the molecule is CC(C)NS(=O)(=O)c1ccc(NC(=O)C(C)Oc2ccc(F)cc2Br)cc1. The summed E-state index contributed by atoms with van der Waals surface area (Å²) in [5.74, 6) is -0.518. The van der Waals surface area contributed by atoms with E-state index in [2.05, 4.69) is 26.0 Å². The quantitative estimate of drug-likeness (QED) is 0.662. The Kier molecular flexibility index (Phi) is 6.96. The number of carbonyl (C=O) groups excluding carboxylic acids is 1. The standard InChI is InChI=1S/C18H20BrFN2O4S/c1-11(2)22-27(24,25)15-7-5-14(6-8-15)21-18(23)12(3)26-17-9-4-13(20)10-16(17)19/h4-12,22H,1-3H3,(H,21,23). The van der Waals surface area contributed by atoms with Crippen LogP contribution in [0.5, 0.6) is 5.75 Å². The summed E-state index contributed by atoms with van der Waals surface area (Å²) in [6.45, 7) is 5.01. The van der Waals surface area contributed by atoms with Gasteiger partial charge in [-0.05, 0) is 79.2 Å². The van der Waals surface area contributed by atoms with Crippen molar-refractivity contribution in [2.24, 2.45) is 0 Å². The van der Waals surface area contributed by atoms with Crippen LogP contribution >= 0.6 is 15.9 Å². The molecule has 0 heterocycles. The average molecular weight is 459 g/mol. The van der Waals surface area contributed by atoms with Crippen molar-refractivity contribution in [3.63, 3.8) is 0 Å². The van der Waals surface area contributed by atoms with E-state index in [0.29, 0.717) is 15.9 Å². The van der Waals surface area contributed by atoms with E-state index in [1.807, 2.05) is 0 Å². The average Bonchev–Trinajstić information content (AvgIpc) is 2.56. The molecular formula is C18H20BrFN2O4S. The van der Waals surface area contributed by atoms with Gasteiger partial charge < -0.3 is 10.1 Å². The predicted octanol–water partition coefficient (Wildman–Crippen LogP) is 3.68. The lowest BCUT2D eigenvalue weighted by Gasteiger charge is -2.16. The second kappa shape index (κ2) is 8.81. The number of benzene rings is 2. The number of halogens is 2. The summed E-state index contributed by atoms with van der Waals surface area (Å²) in [5, 5.41) is 2.64. The lowest BCUT2D eigenvalue weighted by atomic mass is 10.3. The normalized spacial score (nSPS) is 12.7. The first-order chi connectivity index (χ1) is 12.6. The van der Waals surface area contributed by atoms with Gasteiger partial charge in [0, 0.05) is 11.7 Å². The third kappa shape index (κ3) is 6.02. The Balaban J connectivity index is 2.02. The highest BCUT2D eigenvalue weighted by molar-refractivity contribution is 9.10. The zero-order chi connectivity index (χ0) is 20.2. The number of nitrogens with one attached hydrogen (secondary N) is 2. The van der Waals surface area contributed by atoms with E-state index in [1.165, 1.54) is 42.5 Å². The summed E-state index contributed by atoms with van der Waals surface area (Å²) >= 11 is 3.18. The van der Waals surface area contributed by atoms with Crippen molar-refractivity contribution in [1.82, 2.24) is 4.72 Å². The van der Waals surface area contributed by atoms with Crippen molar-refractivity contribution >= 4 is 37.5 Å². The molecule has 1 unspecified atom stereocenters. The van der Waals surface area contributed by atoms with Crippen LogP contribution in [0.3, 0.4) is 0 Å². The third-order valence-electron chi connectivity index (χ3n) is 3.39. The van der Waals surface area contributed by atoms with Crippen LogP contribution in [0.1, 0.15) is 20.8 Å². The fraction of sp³-hybridized carbons (Fsp3) is 0.278. The molecule has 2 aromatic rings. The zero-order valence-corrected chi connectivity index (χ0v) is 17.4. The monoisotopic (exact) mass is 458 g/mol. The molecule has 0 aliphatic rings. The fourth-order valence-corrected chi connectivity index (χ4v) is 3.85. The Labute approximate surface area is 166 Å². The molecule has 0 aromatic heterocycles. The van der Waals surface area contributed by atoms with Gasteiger partial charge in [0.15, 0.2) is 6.10 Å². The van der Waals surface area contributed by atoms with Crippen LogP contribution < -0.4 is 14.8 Å². The molecule has 6 nitrogen and oxygen atoms in total. The minimum Gasteiger partial charge on any atom is -0.480 e. The van der Waals surface area contributed by atoms with E-state index in [-0.39, 0.29) is 10.9 Å². The predicted molar refractivity (Wildman–Crippen MR) is 105 cm³/mol. The van der Waals surface area contributed by atoms with Gasteiger partial charge in [0.2, 0.25) is 10.0 Å². The summed E-state index contributed by atoms with van der Waals surface area (Å²) < 4.78 is 45.7. The highest BCUT2D eigenvalue weighted by atomic mass is 79.9. The minimum absolute atomic E-state index is 0.105. The van der Waals surface area contributed by atoms with Gasteiger partial charge in [0.05, 0.1) is 9.37 Å². The Bertz CT molecular complexity index is 917. The lowest BCUT2D eigenvalue weighted by molar-refractivity contribution is -0.122. The molecule has 0 saturated heterocycles. The van der Waals surface area contributed by atoms with Crippen molar-refractivity contribution < 1.29 is 22.3 Å². The minimum atomic E-state index is -3.59. The van der Waals surface area contributed by atoms with Crippen LogP contribution in [0, 0.1) is 5.82 Å². The van der Waals surface area contributed by atoms with Gasteiger partial charge in [0.1, 0.15) is 11.6 Å². The number of hydrogen-bond acceptors (Lipinski definition) is 4. The molecule has 146 valence electrons. The van der Waals surface area contributed by atoms with Crippen LogP contribution in [-0.4, -0.2) is 26.5 Å². The highest BCUT2D eigenvalue weighted by Gasteiger charge is 2.18. The molecule has 0 aliphatic heterocycles. The molecule has 9 heteroatoms. The molecule has 0 fully saturated rings. The van der Waals surface area contributed by atoms with Gasteiger partial charge in [-0.3, -0.25) is 4.79 Å². The summed E-state index contributed by atoms with van der Waals surface area (Å²) in [6.07, 6.45) is -0.849. The van der Waals surface area contributed by atoms with Crippen molar-refractivity contribution in [3.05, 3.63) is 52.8 Å². The maximum absolute atomic E-state index is 13.1. The molecule has 1 atom stereocenters. The lowest BCUT2D eigenvalue weighted by Crippen LogP contribution is -2.31. The number of carbonyl (C=O) groups is 1. The van der Waals surface area contributed by atoms with E-state index in [0.717, 1.165) is 0 Å². The van der Waals surface area contributed by atoms with Gasteiger partial charge >= 0.3 is 0 Å². The molecule has 2 aromatic carbocycles. The Morgan fingerprint density at radius 2 is 1.74 bits per heavy atom. The second-order valence-corrected chi connectivity index (χ2v) is 8.69. The van der Waals surface area contributed by atoms with Gasteiger partial charge in [-0.25, -0.2) is 17.5 Å². The van der Waals surface area contributed by atoms with Gasteiger partial charge in [-0.1, -0.05) is 0 Å². The van der Waals surface area contributed by atoms with Crippen LogP contribution in [-0.2, 0) is 14.8 Å². The number of hydrogen-bond donors (Lipinski definition) is 2. The molecule has 27 heavy (non-hydrogen) atoms. The fourth-order valence-electron chi connectivity index (χ4n) is 2.15. The highest BCUT2D eigenvalue weighted by Crippen LogP contribution is 2.26. The molecule has 0 saturated carbocycles. The summed E-state index contributed by atoms with van der Waals surface area (Å²) in [4.78, 5) is 12.4. The van der Waals surface area contributed by atoms with Crippen LogP contribution in [0.15, 0.2) is 51.8 Å². The van der Waals surface area contributed by atoms with E-state index < -0.39 is 27.9 Å². The first-order valence-electron chi connectivity index (χ1n) is 8.13. The molecule has 1 amide bonds. The van der Waals surface area contributed by atoms with E-state index in [4.69, 9.17) is 4.74 Å². The number of ether oxygens (including phenoxy) is 1. The molecule has 0 bridgehead atoms.